The Balaban J connectivity index is 1.55. The van der Waals surface area contributed by atoms with Gasteiger partial charge in [0.05, 0.1) is 5.69 Å². The summed E-state index contributed by atoms with van der Waals surface area (Å²) in [5, 5.41) is 4.66. The number of amides is 1. The summed E-state index contributed by atoms with van der Waals surface area (Å²) in [6, 6.07) is 26.2. The van der Waals surface area contributed by atoms with Gasteiger partial charge in [0.25, 0.3) is 5.91 Å². The molecule has 1 amide bonds. The van der Waals surface area contributed by atoms with Crippen LogP contribution >= 0.6 is 0 Å². The monoisotopic (exact) mass is 394 g/mol. The Morgan fingerprint density at radius 2 is 1.57 bits per heavy atom. The normalized spacial score (nSPS) is 13.2. The summed E-state index contributed by atoms with van der Waals surface area (Å²) in [5.41, 5.74) is 5.43. The summed E-state index contributed by atoms with van der Waals surface area (Å²) in [4.78, 5) is 19.8. The maximum atomic E-state index is 13.3. The van der Waals surface area contributed by atoms with Crippen LogP contribution in [0.2, 0.25) is 0 Å². The van der Waals surface area contributed by atoms with E-state index in [1.54, 1.807) is 4.68 Å². The quantitative estimate of drug-likeness (QED) is 0.516. The van der Waals surface area contributed by atoms with Crippen LogP contribution in [0.5, 0.6) is 0 Å². The van der Waals surface area contributed by atoms with Gasteiger partial charge >= 0.3 is 0 Å². The number of carbonyl (C=O) groups excluding carboxylic acids is 1. The van der Waals surface area contributed by atoms with Crippen molar-refractivity contribution in [2.75, 3.05) is 6.54 Å². The largest absolute Gasteiger partial charge is 0.331 e. The zero-order valence-electron chi connectivity index (χ0n) is 16.8. The van der Waals surface area contributed by atoms with Gasteiger partial charge in [-0.15, -0.1) is 5.10 Å². The molecule has 0 spiro atoms. The molecular formula is C25H22N4O. The average molecular weight is 394 g/mol. The third-order valence-electron chi connectivity index (χ3n) is 5.59. The zero-order chi connectivity index (χ0) is 20.5. The second-order valence-corrected chi connectivity index (χ2v) is 7.57. The minimum atomic E-state index is -0.131. The second-order valence-electron chi connectivity index (χ2n) is 7.57. The van der Waals surface area contributed by atoms with Crippen molar-refractivity contribution in [1.29, 1.82) is 0 Å². The van der Waals surface area contributed by atoms with Gasteiger partial charge in [0.1, 0.15) is 0 Å². The molecular weight excluding hydrogens is 372 g/mol. The van der Waals surface area contributed by atoms with Crippen LogP contribution in [-0.2, 0) is 13.0 Å². The molecule has 1 aliphatic heterocycles. The average Bonchev–Trinajstić information content (AvgIpc) is 3.24. The lowest BCUT2D eigenvalue weighted by Gasteiger charge is -2.27. The predicted octanol–water partition coefficient (Wildman–Crippen LogP) is 4.44. The lowest BCUT2D eigenvalue weighted by molar-refractivity contribution is 0.0722. The molecule has 5 heteroatoms. The van der Waals surface area contributed by atoms with Gasteiger partial charge in [0, 0.05) is 18.7 Å². The van der Waals surface area contributed by atoms with Crippen molar-refractivity contribution in [3.8, 4) is 17.1 Å². The predicted molar refractivity (Wildman–Crippen MR) is 116 cm³/mol. The first-order valence-electron chi connectivity index (χ1n) is 10.2. The fourth-order valence-electron chi connectivity index (χ4n) is 3.96. The number of aromatic nitrogens is 3. The van der Waals surface area contributed by atoms with E-state index in [4.69, 9.17) is 0 Å². The summed E-state index contributed by atoms with van der Waals surface area (Å²) in [6.07, 6.45) is 0.853. The Hall–Kier alpha value is -3.73. The van der Waals surface area contributed by atoms with E-state index in [0.717, 1.165) is 23.2 Å². The third kappa shape index (κ3) is 3.28. The van der Waals surface area contributed by atoms with Gasteiger partial charge in [-0.25, -0.2) is 9.67 Å². The molecule has 5 rings (SSSR count). The summed E-state index contributed by atoms with van der Waals surface area (Å²) in [6.45, 7) is 3.30. The van der Waals surface area contributed by atoms with E-state index < -0.39 is 0 Å². The molecule has 1 aromatic heterocycles. The number of carbonyl (C=O) groups is 1. The molecule has 4 aromatic rings. The molecule has 0 aliphatic carbocycles. The molecule has 0 N–H and O–H groups in total. The zero-order valence-corrected chi connectivity index (χ0v) is 16.8. The molecule has 30 heavy (non-hydrogen) atoms. The fourth-order valence-corrected chi connectivity index (χ4v) is 3.96. The molecule has 0 saturated carbocycles. The molecule has 1 aliphatic rings. The SMILES string of the molecule is Cc1ccccc1-n1nc(C(=O)N2CCc3ccccc3C2)nc1-c1ccccc1. The Kier molecular flexibility index (Phi) is 4.64. The molecule has 2 heterocycles. The van der Waals surface area contributed by atoms with Crippen LogP contribution in [0.3, 0.4) is 0 Å². The molecule has 0 fully saturated rings. The maximum Gasteiger partial charge on any atom is 0.293 e. The number of aryl methyl sites for hydroxylation is 1. The van der Waals surface area contributed by atoms with Gasteiger partial charge in [-0.05, 0) is 36.1 Å². The Labute approximate surface area is 175 Å². The van der Waals surface area contributed by atoms with Gasteiger partial charge in [0.15, 0.2) is 5.82 Å². The van der Waals surface area contributed by atoms with Crippen molar-refractivity contribution in [2.24, 2.45) is 0 Å². The summed E-state index contributed by atoms with van der Waals surface area (Å²) < 4.78 is 1.79. The van der Waals surface area contributed by atoms with Crippen LogP contribution in [0, 0.1) is 6.92 Å². The summed E-state index contributed by atoms with van der Waals surface area (Å²) in [5.74, 6) is 0.774. The second kappa shape index (κ2) is 7.59. The third-order valence-corrected chi connectivity index (χ3v) is 5.59. The number of fused-ring (bicyclic) bond motifs is 1. The molecule has 5 nitrogen and oxygen atoms in total. The van der Waals surface area contributed by atoms with E-state index in [2.05, 4.69) is 22.2 Å². The van der Waals surface area contributed by atoms with Crippen molar-refractivity contribution in [2.45, 2.75) is 19.9 Å². The van der Waals surface area contributed by atoms with E-state index in [1.165, 1.54) is 11.1 Å². The smallest absolute Gasteiger partial charge is 0.293 e. The number of nitrogens with zero attached hydrogens (tertiary/aromatic N) is 4. The number of hydrogen-bond acceptors (Lipinski definition) is 3. The standard InChI is InChI=1S/C25H22N4O/c1-18-9-5-8-14-22(18)29-24(20-11-3-2-4-12-20)26-23(27-29)25(30)28-16-15-19-10-6-7-13-21(19)17-28/h2-14H,15-17H2,1H3. The lowest BCUT2D eigenvalue weighted by atomic mass is 10.00. The van der Waals surface area contributed by atoms with Gasteiger partial charge in [-0.1, -0.05) is 72.8 Å². The van der Waals surface area contributed by atoms with Crippen molar-refractivity contribution >= 4 is 5.91 Å². The van der Waals surface area contributed by atoms with Crippen LogP contribution in [0.25, 0.3) is 17.1 Å². The highest BCUT2D eigenvalue weighted by Gasteiger charge is 2.26. The Morgan fingerprint density at radius 1 is 0.867 bits per heavy atom. The highest BCUT2D eigenvalue weighted by atomic mass is 16.2. The van der Waals surface area contributed by atoms with E-state index in [9.17, 15) is 4.79 Å². The van der Waals surface area contributed by atoms with Crippen molar-refractivity contribution in [1.82, 2.24) is 19.7 Å². The van der Waals surface area contributed by atoms with Gasteiger partial charge < -0.3 is 4.90 Å². The van der Waals surface area contributed by atoms with Crippen molar-refractivity contribution < 1.29 is 4.79 Å². The molecule has 148 valence electrons. The maximum absolute atomic E-state index is 13.3. The number of benzene rings is 3. The topological polar surface area (TPSA) is 51.0 Å². The van der Waals surface area contributed by atoms with E-state index in [0.29, 0.717) is 18.9 Å². The van der Waals surface area contributed by atoms with Gasteiger partial charge in [-0.3, -0.25) is 4.79 Å². The van der Waals surface area contributed by atoms with E-state index in [1.807, 2.05) is 78.6 Å². The first-order chi connectivity index (χ1) is 14.7. The molecule has 0 saturated heterocycles. The van der Waals surface area contributed by atoms with Crippen LogP contribution in [0.15, 0.2) is 78.9 Å². The minimum absolute atomic E-state index is 0.131. The molecule has 0 unspecified atom stereocenters. The Bertz CT molecular complexity index is 1210. The van der Waals surface area contributed by atoms with E-state index in [-0.39, 0.29) is 11.7 Å². The minimum Gasteiger partial charge on any atom is -0.331 e. The number of hydrogen-bond donors (Lipinski definition) is 0. The van der Waals surface area contributed by atoms with Crippen LogP contribution in [0.1, 0.15) is 27.3 Å². The molecule has 0 atom stereocenters. The summed E-state index contributed by atoms with van der Waals surface area (Å²) in [7, 11) is 0. The summed E-state index contributed by atoms with van der Waals surface area (Å²) >= 11 is 0. The van der Waals surface area contributed by atoms with Gasteiger partial charge in [0.2, 0.25) is 5.82 Å². The molecule has 0 radical (unpaired) electrons. The molecule has 3 aromatic carbocycles. The fraction of sp³-hybridized carbons (Fsp3) is 0.160. The molecule has 0 bridgehead atoms. The highest BCUT2D eigenvalue weighted by molar-refractivity contribution is 5.91. The van der Waals surface area contributed by atoms with Crippen molar-refractivity contribution in [3.63, 3.8) is 0 Å². The van der Waals surface area contributed by atoms with E-state index >= 15 is 0 Å². The van der Waals surface area contributed by atoms with Crippen LogP contribution in [-0.4, -0.2) is 32.1 Å². The van der Waals surface area contributed by atoms with Crippen molar-refractivity contribution in [3.05, 3.63) is 101 Å². The number of para-hydroxylation sites is 1. The van der Waals surface area contributed by atoms with Crippen LogP contribution in [0.4, 0.5) is 0 Å². The number of rotatable bonds is 3. The lowest BCUT2D eigenvalue weighted by Crippen LogP contribution is -2.36. The Morgan fingerprint density at radius 3 is 2.37 bits per heavy atom. The first kappa shape index (κ1) is 18.3. The first-order valence-corrected chi connectivity index (χ1v) is 10.2. The highest BCUT2D eigenvalue weighted by Crippen LogP contribution is 2.25. The van der Waals surface area contributed by atoms with Crippen LogP contribution < -0.4 is 0 Å². The van der Waals surface area contributed by atoms with Gasteiger partial charge in [-0.2, -0.15) is 0 Å².